The van der Waals surface area contributed by atoms with Gasteiger partial charge in [0.25, 0.3) is 0 Å². The molecule has 50 heteroatoms. The van der Waals surface area contributed by atoms with Crippen LogP contribution in [0.15, 0.2) is 0 Å². The molecular weight excluding hydrogens is 1730 g/mol. The fourth-order valence-electron chi connectivity index (χ4n) is 13.8. The fraction of sp³-hybridized carbons (Fsp3) is 0.958. The number of phosphoric acid groups is 5. The van der Waals surface area contributed by atoms with E-state index in [-0.39, 0.29) is 121 Å². The molecule has 0 aromatic rings. The maximum atomic E-state index is 13.5. The van der Waals surface area contributed by atoms with Crippen molar-refractivity contribution in [1.82, 2.24) is 0 Å². The maximum Gasteiger partial charge on any atom is 0.472 e. The van der Waals surface area contributed by atoms with Crippen LogP contribution in [0.5, 0.6) is 0 Å². The van der Waals surface area contributed by atoms with Crippen LogP contribution >= 0.6 is 39.1 Å². The first-order valence-corrected chi connectivity index (χ1v) is 48.6. The van der Waals surface area contributed by atoms with Crippen molar-refractivity contribution in [3.8, 4) is 0 Å². The van der Waals surface area contributed by atoms with Crippen LogP contribution in [0.25, 0.3) is 0 Å². The molecule has 0 aromatic heterocycles. The van der Waals surface area contributed by atoms with Gasteiger partial charge in [-0.15, -0.1) is 0 Å². The Balaban J connectivity index is 0.914. The number of aliphatic hydroxyl groups is 9. The van der Waals surface area contributed by atoms with Gasteiger partial charge in [0.1, 0.15) is 80.9 Å². The van der Waals surface area contributed by atoms with E-state index in [0.717, 1.165) is 12.8 Å². The largest absolute Gasteiger partial charge is 0.472 e. The van der Waals surface area contributed by atoms with Crippen LogP contribution in [0, 0.1) is 23.7 Å². The van der Waals surface area contributed by atoms with Crippen molar-refractivity contribution in [2.24, 2.45) is 23.7 Å². The lowest BCUT2D eigenvalue weighted by Gasteiger charge is -2.41. The molecule has 710 valence electrons. The second kappa shape index (κ2) is 55.8. The van der Waals surface area contributed by atoms with Gasteiger partial charge in [-0.3, -0.25) is 59.6 Å². The molecule has 0 saturated carbocycles. The van der Waals surface area contributed by atoms with Gasteiger partial charge in [-0.2, -0.15) is 0 Å². The number of carbonyl (C=O) groups excluding carboxylic acids is 3. The Hall–Kier alpha value is -1.32. The molecule has 6 saturated heterocycles. The average molecular weight is 1860 g/mol. The summed E-state index contributed by atoms with van der Waals surface area (Å²) in [5.41, 5.74) is 0. The third-order valence-corrected chi connectivity index (χ3v) is 26.0. The predicted octanol–water partition coefficient (Wildman–Crippen LogP) is 3.07. The SMILES string of the molecule is COCCOP(=O)(O)O[C@@H]1C[C@@H](OCCCCCCCC(=O)CO[C@@H]2OC(CO)[C@H](C)[C@H](O)C2C)OC1COP(=O)(O)OCCOP(=O)(O)O[C@@H]1C[C@@H](OCCCCCCCC(=O)CO[C@@H]2OC(CO)[C@H](O)[C@H](O)C2C)OC1COP(=O)(O)OCCOP(=O)(O)OC1C[C@@H](OCCCCCCCC(=O)CO[C@@H]2OC(CO)[C@H](O)[C@H](O)C2C)O[C@@H]1CO. The minimum absolute atomic E-state index is 0.0550. The Bertz CT molecular complexity index is 3190. The highest BCUT2D eigenvalue weighted by Gasteiger charge is 2.49. The Kier molecular flexibility index (Phi) is 50.0. The molecule has 121 heavy (non-hydrogen) atoms. The lowest BCUT2D eigenvalue weighted by Crippen LogP contribution is -2.55. The number of methoxy groups -OCH3 is 1. The third kappa shape index (κ3) is 39.7. The molecule has 6 aliphatic rings. The summed E-state index contributed by atoms with van der Waals surface area (Å²) in [7, 11) is -23.9. The lowest BCUT2D eigenvalue weighted by molar-refractivity contribution is -0.280. The van der Waals surface area contributed by atoms with Crippen molar-refractivity contribution in [3.63, 3.8) is 0 Å². The van der Waals surface area contributed by atoms with E-state index in [1.807, 2.05) is 0 Å². The second-order valence-electron chi connectivity index (χ2n) is 30.5. The van der Waals surface area contributed by atoms with E-state index in [1.54, 1.807) is 27.7 Å². The molecule has 0 radical (unpaired) electrons. The predicted molar refractivity (Wildman–Crippen MR) is 412 cm³/mol. The number of rotatable bonds is 66. The van der Waals surface area contributed by atoms with Gasteiger partial charge < -0.3 is 132 Å². The van der Waals surface area contributed by atoms with Crippen molar-refractivity contribution in [2.75, 3.05) is 126 Å². The fourth-order valence-corrected chi connectivity index (χ4v) is 18.0. The quantitative estimate of drug-likeness (QED) is 0.0307. The zero-order valence-corrected chi connectivity index (χ0v) is 73.6. The zero-order valence-electron chi connectivity index (χ0n) is 69.1. The minimum atomic E-state index is -5.22. The number of ketones is 3. The number of phosphoric ester groups is 5. The summed E-state index contributed by atoms with van der Waals surface area (Å²) in [5, 5.41) is 89.7. The molecule has 0 spiro atoms. The smallest absolute Gasteiger partial charge is 0.394 e. The van der Waals surface area contributed by atoms with Crippen molar-refractivity contribution >= 4 is 56.5 Å². The van der Waals surface area contributed by atoms with Crippen LogP contribution in [0.2, 0.25) is 0 Å². The summed E-state index contributed by atoms with van der Waals surface area (Å²) in [4.78, 5) is 91.0. The molecule has 6 heterocycles. The van der Waals surface area contributed by atoms with Crippen LogP contribution in [0.4, 0.5) is 0 Å². The third-order valence-electron chi connectivity index (χ3n) is 20.9. The van der Waals surface area contributed by atoms with Crippen LogP contribution in [0.3, 0.4) is 0 Å². The molecule has 14 unspecified atom stereocenters. The summed E-state index contributed by atoms with van der Waals surface area (Å²) in [6.07, 6.45) is -13.1. The second-order valence-corrected chi connectivity index (χ2v) is 37.6. The molecule has 6 aliphatic heterocycles. The van der Waals surface area contributed by atoms with E-state index >= 15 is 0 Å². The van der Waals surface area contributed by atoms with Crippen molar-refractivity contribution in [1.29, 1.82) is 0 Å². The highest BCUT2D eigenvalue weighted by Crippen LogP contribution is 2.53. The molecule has 45 nitrogen and oxygen atoms in total. The zero-order chi connectivity index (χ0) is 88.9. The van der Waals surface area contributed by atoms with Gasteiger partial charge in [-0.1, -0.05) is 85.5 Å². The highest BCUT2D eigenvalue weighted by molar-refractivity contribution is 7.48. The summed E-state index contributed by atoms with van der Waals surface area (Å²) in [6, 6.07) is 0. The van der Waals surface area contributed by atoms with Gasteiger partial charge in [-0.25, -0.2) is 22.8 Å². The summed E-state index contributed by atoms with van der Waals surface area (Å²) >= 11 is 0. The number of hydrogen-bond donors (Lipinski definition) is 14. The first-order chi connectivity index (χ1) is 57.4. The normalized spacial score (nSPS) is 33.5. The van der Waals surface area contributed by atoms with E-state index < -0.39 is 240 Å². The van der Waals surface area contributed by atoms with Gasteiger partial charge in [0, 0.05) is 89.1 Å². The Morgan fingerprint density at radius 2 is 0.587 bits per heavy atom. The molecule has 0 aliphatic carbocycles. The maximum absolute atomic E-state index is 13.5. The minimum Gasteiger partial charge on any atom is -0.394 e. The van der Waals surface area contributed by atoms with Crippen LogP contribution in [-0.2, 0) is 144 Å². The van der Waals surface area contributed by atoms with E-state index in [1.165, 1.54) is 7.11 Å². The van der Waals surface area contributed by atoms with Crippen molar-refractivity contribution in [3.05, 3.63) is 0 Å². The average Bonchev–Trinajstić information content (AvgIpc) is 1.81. The van der Waals surface area contributed by atoms with Gasteiger partial charge in [0.15, 0.2) is 55.1 Å². The number of unbranched alkanes of at least 4 members (excludes halogenated alkanes) is 12. The molecule has 14 N–H and O–H groups in total. The standard InChI is InChI=1S/C71H131O45P5/c1-45-55(36-72)111-69(46(2)64(45)79)98-40-49(76)21-15-10-7-13-19-25-96-62-34-53(115-119(88,89)103-28-27-94-5)59(109-62)43-106-118(86,87)102-30-32-105-121(92,93)116-54-35-63(97-26-20-14-8-11-17-23-51(78)42-100-71-48(4)66(81)68(83)58(39-75)113-71)110-60(54)44-107-117(84,85)101-29-31-104-120(90,91)114-52-33-61(108-56(52)37-73)95-24-18-12-6-9-16-22-50(77)41-99-70-47(3)65(80)67(82)57(38-74)112-70/h45-48,52-75,79-83H,6-44H2,1-5H3,(H,84,85)(H,86,87)(H,88,89)(H,90,91)(H,92,93)/t45-,46?,47?,48?,52?,53+,54+,55?,56+,57?,58?,59?,60?,61-,62-,63-,64-,65+,66+,67-,68-,69+,70+,71+/m0/s1. The monoisotopic (exact) mass is 1860 g/mol. The van der Waals surface area contributed by atoms with Crippen molar-refractivity contribution < 1.29 is 214 Å². The number of aliphatic hydroxyl groups excluding tert-OH is 9. The molecular formula is C71H131O45P5. The summed E-state index contributed by atoms with van der Waals surface area (Å²) < 4.78 is 190. The Labute approximate surface area is 703 Å². The summed E-state index contributed by atoms with van der Waals surface area (Å²) in [5.74, 6) is -2.60. The van der Waals surface area contributed by atoms with E-state index in [9.17, 15) is 108 Å². The number of ether oxygens (including phenoxy) is 13. The first-order valence-electron chi connectivity index (χ1n) is 41.1. The summed E-state index contributed by atoms with van der Waals surface area (Å²) in [6.45, 7) is -1.34. The van der Waals surface area contributed by atoms with Crippen LogP contribution in [-0.4, -0.2) is 337 Å². The molecule has 29 atom stereocenters. The molecule has 6 fully saturated rings. The number of Topliss-reactive ketones (excluding diaryl/α,β-unsaturated/α-hetero) is 3. The van der Waals surface area contributed by atoms with Gasteiger partial charge in [0.05, 0.1) is 104 Å². The van der Waals surface area contributed by atoms with Gasteiger partial charge in [0.2, 0.25) is 0 Å². The topological polar surface area (TPSA) is 632 Å². The van der Waals surface area contributed by atoms with E-state index in [2.05, 4.69) is 0 Å². The van der Waals surface area contributed by atoms with Gasteiger partial charge >= 0.3 is 39.1 Å². The van der Waals surface area contributed by atoms with E-state index in [0.29, 0.717) is 83.5 Å². The van der Waals surface area contributed by atoms with Gasteiger partial charge in [-0.05, 0) is 38.5 Å². The lowest BCUT2D eigenvalue weighted by atomic mass is 9.86. The van der Waals surface area contributed by atoms with E-state index in [4.69, 9.17) is 107 Å². The number of carbonyl (C=O) groups is 3. The molecule has 0 aromatic carbocycles. The Morgan fingerprint density at radius 1 is 0.306 bits per heavy atom. The molecule has 0 bridgehead atoms. The van der Waals surface area contributed by atoms with Crippen LogP contribution < -0.4 is 0 Å². The highest BCUT2D eigenvalue weighted by atomic mass is 31.2. The first kappa shape index (κ1) is 108. The van der Waals surface area contributed by atoms with Crippen molar-refractivity contribution in [2.45, 2.75) is 286 Å². The number of hydrogen-bond acceptors (Lipinski definition) is 40. The molecule has 0 amide bonds. The van der Waals surface area contributed by atoms with Crippen LogP contribution in [0.1, 0.15) is 163 Å². The molecule has 6 rings (SSSR count). The Morgan fingerprint density at radius 3 is 0.917 bits per heavy atom.